The Bertz CT molecular complexity index is 1420. The van der Waals surface area contributed by atoms with Gasteiger partial charge in [-0.1, -0.05) is 30.3 Å². The van der Waals surface area contributed by atoms with Crippen molar-refractivity contribution in [3.8, 4) is 23.3 Å². The van der Waals surface area contributed by atoms with Crippen LogP contribution in [0.1, 0.15) is 53.8 Å². The first-order valence-electron chi connectivity index (χ1n) is 11.3. The molecular formula is C28H27N5OS. The standard InChI is InChI=1S/C28H27N5OS/c1-17-10-18(14-29)12-20(11-17)21-13-23(35-15-21)28(4)24(25(34)33(5)26(31)32-28)19-6-8-22(9-7-19)27(2,3)16-30/h6-13,15,24H,1-5H3,(H2,31,32)/t24-,28-/m1/s1. The number of amides is 1. The Balaban J connectivity index is 1.82. The maximum atomic E-state index is 13.5. The first kappa shape index (κ1) is 24.2. The molecule has 1 aromatic heterocycles. The summed E-state index contributed by atoms with van der Waals surface area (Å²) in [6.07, 6.45) is 0. The number of likely N-dealkylation sites (N-methyl/N-ethyl adjacent to an activating group) is 1. The Morgan fingerprint density at radius 1 is 1.11 bits per heavy atom. The average molecular weight is 482 g/mol. The fraction of sp³-hybridized carbons (Fsp3) is 0.286. The minimum Gasteiger partial charge on any atom is -0.369 e. The van der Waals surface area contributed by atoms with Gasteiger partial charge in [0.1, 0.15) is 5.54 Å². The van der Waals surface area contributed by atoms with E-state index in [9.17, 15) is 15.3 Å². The number of hydrogen-bond acceptors (Lipinski definition) is 6. The third-order valence-electron chi connectivity index (χ3n) is 6.71. The maximum Gasteiger partial charge on any atom is 0.239 e. The zero-order valence-electron chi connectivity index (χ0n) is 20.5. The van der Waals surface area contributed by atoms with Gasteiger partial charge in [0.15, 0.2) is 5.96 Å². The number of guanidine groups is 1. The lowest BCUT2D eigenvalue weighted by atomic mass is 9.76. The summed E-state index contributed by atoms with van der Waals surface area (Å²) < 4.78 is 0. The van der Waals surface area contributed by atoms with Gasteiger partial charge < -0.3 is 5.73 Å². The Morgan fingerprint density at radius 2 is 1.80 bits per heavy atom. The topological polar surface area (TPSA) is 106 Å². The molecule has 3 aromatic rings. The van der Waals surface area contributed by atoms with Crippen molar-refractivity contribution in [2.75, 3.05) is 7.05 Å². The van der Waals surface area contributed by atoms with Crippen LogP contribution in [0.2, 0.25) is 0 Å². The highest BCUT2D eigenvalue weighted by Crippen LogP contribution is 2.47. The van der Waals surface area contributed by atoms with Crippen molar-refractivity contribution < 1.29 is 4.79 Å². The Hall–Kier alpha value is -3.94. The van der Waals surface area contributed by atoms with Gasteiger partial charge in [-0.25, -0.2) is 4.99 Å². The van der Waals surface area contributed by atoms with Crippen molar-refractivity contribution in [3.05, 3.63) is 81.0 Å². The van der Waals surface area contributed by atoms with Crippen molar-refractivity contribution >= 4 is 23.2 Å². The SMILES string of the molecule is Cc1cc(C#N)cc(-c2csc([C@@]3(C)N=C(N)N(C)C(=O)[C@H]3c3ccc(C(C)(C)C#N)cc3)c2)c1. The third-order valence-corrected chi connectivity index (χ3v) is 7.87. The normalized spacial score (nSPS) is 20.2. The first-order chi connectivity index (χ1) is 16.5. The van der Waals surface area contributed by atoms with Crippen molar-refractivity contribution in [3.63, 3.8) is 0 Å². The fourth-order valence-electron chi connectivity index (χ4n) is 4.51. The predicted molar refractivity (Wildman–Crippen MR) is 139 cm³/mol. The molecule has 176 valence electrons. The van der Waals surface area contributed by atoms with Crippen LogP contribution in [0.5, 0.6) is 0 Å². The molecule has 0 saturated carbocycles. The van der Waals surface area contributed by atoms with Crippen LogP contribution in [0, 0.1) is 29.6 Å². The van der Waals surface area contributed by atoms with Gasteiger partial charge in [0.25, 0.3) is 0 Å². The number of nitrogens with zero attached hydrogens (tertiary/aromatic N) is 4. The number of nitrogens with two attached hydrogens (primary N) is 1. The second-order valence-corrected chi connectivity index (χ2v) is 10.6. The van der Waals surface area contributed by atoms with Gasteiger partial charge >= 0.3 is 0 Å². The molecule has 7 heteroatoms. The molecule has 2 aromatic carbocycles. The maximum absolute atomic E-state index is 13.5. The summed E-state index contributed by atoms with van der Waals surface area (Å²) in [7, 11) is 1.64. The van der Waals surface area contributed by atoms with E-state index in [0.29, 0.717) is 5.56 Å². The zero-order valence-corrected chi connectivity index (χ0v) is 21.3. The summed E-state index contributed by atoms with van der Waals surface area (Å²) >= 11 is 1.52. The molecule has 2 atom stereocenters. The minimum absolute atomic E-state index is 0.135. The highest BCUT2D eigenvalue weighted by molar-refractivity contribution is 7.10. The van der Waals surface area contributed by atoms with Gasteiger partial charge in [0, 0.05) is 11.9 Å². The minimum atomic E-state index is -0.912. The van der Waals surface area contributed by atoms with Crippen LogP contribution in [0.15, 0.2) is 58.9 Å². The summed E-state index contributed by atoms with van der Waals surface area (Å²) in [5.41, 5.74) is 9.87. The van der Waals surface area contributed by atoms with Crippen molar-refractivity contribution in [1.82, 2.24) is 4.90 Å². The van der Waals surface area contributed by atoms with Crippen LogP contribution in [0.3, 0.4) is 0 Å². The number of carbonyl (C=O) groups is 1. The molecule has 35 heavy (non-hydrogen) atoms. The van der Waals surface area contributed by atoms with Crippen LogP contribution in [-0.4, -0.2) is 23.8 Å². The van der Waals surface area contributed by atoms with E-state index in [2.05, 4.69) is 12.1 Å². The Kier molecular flexibility index (Phi) is 6.00. The summed E-state index contributed by atoms with van der Waals surface area (Å²) in [5, 5.41) is 20.9. The molecule has 0 unspecified atom stereocenters. The summed E-state index contributed by atoms with van der Waals surface area (Å²) in [6, 6.07) is 20.0. The molecule has 1 aliphatic heterocycles. The molecule has 0 spiro atoms. The monoisotopic (exact) mass is 481 g/mol. The molecule has 6 nitrogen and oxygen atoms in total. The first-order valence-corrected chi connectivity index (χ1v) is 12.1. The number of thiophene rings is 1. The number of aliphatic imine (C=N–C) groups is 1. The Morgan fingerprint density at radius 3 is 2.43 bits per heavy atom. The van der Waals surface area contributed by atoms with Crippen molar-refractivity contribution in [2.24, 2.45) is 10.7 Å². The second kappa shape index (κ2) is 8.69. The van der Waals surface area contributed by atoms with E-state index >= 15 is 0 Å². The number of benzene rings is 2. The molecule has 0 aliphatic carbocycles. The lowest BCUT2D eigenvalue weighted by Gasteiger charge is -2.40. The average Bonchev–Trinajstić information content (AvgIpc) is 3.34. The lowest BCUT2D eigenvalue weighted by Crippen LogP contribution is -2.52. The van der Waals surface area contributed by atoms with E-state index in [0.717, 1.165) is 32.7 Å². The lowest BCUT2D eigenvalue weighted by molar-refractivity contribution is -0.130. The predicted octanol–water partition coefficient (Wildman–Crippen LogP) is 5.18. The van der Waals surface area contributed by atoms with E-state index < -0.39 is 16.9 Å². The molecular weight excluding hydrogens is 454 g/mol. The number of carbonyl (C=O) groups excluding carboxylic acids is 1. The van der Waals surface area contributed by atoms with Crippen LogP contribution >= 0.6 is 11.3 Å². The van der Waals surface area contributed by atoms with Crippen molar-refractivity contribution in [2.45, 2.75) is 44.6 Å². The largest absolute Gasteiger partial charge is 0.369 e. The molecule has 0 saturated heterocycles. The van der Waals surface area contributed by atoms with Gasteiger partial charge in [-0.2, -0.15) is 10.5 Å². The molecule has 2 N–H and O–H groups in total. The number of rotatable bonds is 4. The van der Waals surface area contributed by atoms with Crippen LogP contribution in [0.4, 0.5) is 0 Å². The quantitative estimate of drug-likeness (QED) is 0.554. The van der Waals surface area contributed by atoms with E-state index in [1.165, 1.54) is 16.2 Å². The van der Waals surface area contributed by atoms with Gasteiger partial charge in [-0.3, -0.25) is 9.69 Å². The highest BCUT2D eigenvalue weighted by atomic mass is 32.1. The second-order valence-electron chi connectivity index (χ2n) is 9.71. The van der Waals surface area contributed by atoms with E-state index in [4.69, 9.17) is 10.7 Å². The van der Waals surface area contributed by atoms with Gasteiger partial charge in [-0.05, 0) is 79.1 Å². The summed E-state index contributed by atoms with van der Waals surface area (Å²) in [5.74, 6) is -0.546. The Labute approximate surface area is 210 Å². The number of aryl methyl sites for hydroxylation is 1. The zero-order chi connectivity index (χ0) is 25.5. The van der Waals surface area contributed by atoms with E-state index in [1.807, 2.05) is 81.6 Å². The summed E-state index contributed by atoms with van der Waals surface area (Å²) in [6.45, 7) is 7.64. The molecule has 1 aliphatic rings. The van der Waals surface area contributed by atoms with E-state index in [-0.39, 0.29) is 11.9 Å². The van der Waals surface area contributed by atoms with Gasteiger partial charge in [0.05, 0.1) is 29.0 Å². The number of nitriles is 2. The smallest absolute Gasteiger partial charge is 0.239 e. The molecule has 1 amide bonds. The van der Waals surface area contributed by atoms with Gasteiger partial charge in [-0.15, -0.1) is 11.3 Å². The van der Waals surface area contributed by atoms with Crippen LogP contribution in [-0.2, 0) is 15.7 Å². The van der Waals surface area contributed by atoms with Crippen LogP contribution < -0.4 is 5.73 Å². The van der Waals surface area contributed by atoms with Crippen molar-refractivity contribution in [1.29, 1.82) is 10.5 Å². The van der Waals surface area contributed by atoms with E-state index in [1.54, 1.807) is 7.05 Å². The molecule has 0 bridgehead atoms. The van der Waals surface area contributed by atoms with Crippen LogP contribution in [0.25, 0.3) is 11.1 Å². The summed E-state index contributed by atoms with van der Waals surface area (Å²) in [4.78, 5) is 20.7. The molecule has 0 radical (unpaired) electrons. The highest BCUT2D eigenvalue weighted by Gasteiger charge is 2.48. The molecule has 2 heterocycles. The number of hydrogen-bond donors (Lipinski definition) is 1. The molecule has 0 fully saturated rings. The fourth-order valence-corrected chi connectivity index (χ4v) is 5.57. The third kappa shape index (κ3) is 4.20. The molecule has 4 rings (SSSR count). The van der Waals surface area contributed by atoms with Gasteiger partial charge in [0.2, 0.25) is 5.91 Å².